The number of halogens is 1. The quantitative estimate of drug-likeness (QED) is 0.481. The molecule has 154 valence electrons. The fourth-order valence-corrected chi connectivity index (χ4v) is 3.22. The lowest BCUT2D eigenvalue weighted by atomic mass is 10.0. The molecule has 1 aromatic heterocycles. The second kappa shape index (κ2) is 10.5. The predicted molar refractivity (Wildman–Crippen MR) is 119 cm³/mol. The molecule has 3 aromatic rings. The zero-order valence-corrected chi connectivity index (χ0v) is 17.4. The molecule has 2 aromatic carbocycles. The number of pyridine rings is 1. The number of carbonyl (C=O) groups excluding carboxylic acids is 2. The van der Waals surface area contributed by atoms with Crippen LogP contribution in [0.25, 0.3) is 11.1 Å². The maximum absolute atomic E-state index is 12.7. The maximum atomic E-state index is 12.7. The molecule has 0 radical (unpaired) electrons. The van der Waals surface area contributed by atoms with Crippen LogP contribution in [0.2, 0.25) is 5.02 Å². The molecule has 0 aliphatic heterocycles. The minimum absolute atomic E-state index is 0.0482. The van der Waals surface area contributed by atoms with Crippen molar-refractivity contribution in [2.24, 2.45) is 0 Å². The highest BCUT2D eigenvalue weighted by Gasteiger charge is 2.15. The average molecular weight is 423 g/mol. The van der Waals surface area contributed by atoms with Gasteiger partial charge in [0, 0.05) is 38.3 Å². The first-order valence-electron chi connectivity index (χ1n) is 9.60. The minimum atomic E-state index is -0.313. The number of hydrogen-bond donors (Lipinski definition) is 3. The van der Waals surface area contributed by atoms with Gasteiger partial charge in [-0.05, 0) is 23.3 Å². The van der Waals surface area contributed by atoms with Gasteiger partial charge in [-0.25, -0.2) is 4.98 Å². The van der Waals surface area contributed by atoms with Gasteiger partial charge in [0.15, 0.2) is 0 Å². The van der Waals surface area contributed by atoms with E-state index in [1.165, 1.54) is 6.92 Å². The lowest BCUT2D eigenvalue weighted by molar-refractivity contribution is -0.118. The van der Waals surface area contributed by atoms with E-state index < -0.39 is 0 Å². The Morgan fingerprint density at radius 3 is 2.47 bits per heavy atom. The van der Waals surface area contributed by atoms with E-state index in [4.69, 9.17) is 11.6 Å². The molecule has 3 N–H and O–H groups in total. The molecule has 6 nitrogen and oxygen atoms in total. The smallest absolute Gasteiger partial charge is 0.258 e. The Hall–Kier alpha value is -3.22. The first-order chi connectivity index (χ1) is 14.5. The Labute approximate surface area is 180 Å². The van der Waals surface area contributed by atoms with Crippen LogP contribution in [0.5, 0.6) is 0 Å². The van der Waals surface area contributed by atoms with Crippen molar-refractivity contribution in [3.05, 3.63) is 83.0 Å². The molecule has 2 amide bonds. The van der Waals surface area contributed by atoms with Gasteiger partial charge in [-0.15, -0.1) is 0 Å². The zero-order valence-electron chi connectivity index (χ0n) is 16.6. The van der Waals surface area contributed by atoms with E-state index >= 15 is 0 Å². The Morgan fingerprint density at radius 1 is 0.967 bits per heavy atom. The molecule has 7 heteroatoms. The Balaban J connectivity index is 1.60. The van der Waals surface area contributed by atoms with Crippen molar-refractivity contribution < 1.29 is 9.59 Å². The van der Waals surface area contributed by atoms with Crippen LogP contribution >= 0.6 is 11.6 Å². The van der Waals surface area contributed by atoms with Crippen molar-refractivity contribution in [3.63, 3.8) is 0 Å². The van der Waals surface area contributed by atoms with Crippen molar-refractivity contribution in [1.82, 2.24) is 15.6 Å². The molecule has 0 aliphatic carbocycles. The van der Waals surface area contributed by atoms with Gasteiger partial charge in [0.1, 0.15) is 5.82 Å². The van der Waals surface area contributed by atoms with Crippen molar-refractivity contribution >= 4 is 29.2 Å². The van der Waals surface area contributed by atoms with Crippen LogP contribution in [-0.4, -0.2) is 29.9 Å². The summed E-state index contributed by atoms with van der Waals surface area (Å²) in [5, 5.41) is 9.13. The summed E-state index contributed by atoms with van der Waals surface area (Å²) < 4.78 is 0. The number of carbonyl (C=O) groups is 2. The molecule has 0 unspecified atom stereocenters. The molecular weight excluding hydrogens is 400 g/mol. The second-order valence-corrected chi connectivity index (χ2v) is 7.08. The predicted octanol–water partition coefficient (Wildman–Crippen LogP) is 3.88. The average Bonchev–Trinajstić information content (AvgIpc) is 2.75. The highest BCUT2D eigenvalue weighted by Crippen LogP contribution is 2.30. The molecule has 0 spiro atoms. The van der Waals surface area contributed by atoms with Crippen molar-refractivity contribution in [2.45, 2.75) is 13.5 Å². The van der Waals surface area contributed by atoms with Crippen LogP contribution in [0, 0.1) is 0 Å². The van der Waals surface area contributed by atoms with E-state index in [1.807, 2.05) is 48.5 Å². The summed E-state index contributed by atoms with van der Waals surface area (Å²) in [6, 6.07) is 18.7. The van der Waals surface area contributed by atoms with Gasteiger partial charge in [0.25, 0.3) is 5.91 Å². The summed E-state index contributed by atoms with van der Waals surface area (Å²) in [4.78, 5) is 27.8. The third-order valence-corrected chi connectivity index (χ3v) is 4.81. The van der Waals surface area contributed by atoms with Gasteiger partial charge in [-0.3, -0.25) is 9.59 Å². The molecule has 0 atom stereocenters. The first kappa shape index (κ1) is 21.5. The first-order valence-corrected chi connectivity index (χ1v) is 9.98. The molecule has 0 bridgehead atoms. The maximum Gasteiger partial charge on any atom is 0.258 e. The van der Waals surface area contributed by atoms with Gasteiger partial charge in [-0.1, -0.05) is 60.1 Å². The molecule has 0 saturated carbocycles. The number of anilines is 1. The Kier molecular flexibility index (Phi) is 7.54. The van der Waals surface area contributed by atoms with Gasteiger partial charge >= 0.3 is 0 Å². The van der Waals surface area contributed by atoms with Gasteiger partial charge < -0.3 is 16.0 Å². The second-order valence-electron chi connectivity index (χ2n) is 6.70. The molecule has 1 heterocycles. The zero-order chi connectivity index (χ0) is 21.3. The van der Waals surface area contributed by atoms with E-state index in [-0.39, 0.29) is 11.8 Å². The summed E-state index contributed by atoms with van der Waals surface area (Å²) in [5.41, 5.74) is 3.12. The van der Waals surface area contributed by atoms with Crippen LogP contribution in [0.15, 0.2) is 66.9 Å². The summed E-state index contributed by atoms with van der Waals surface area (Å²) in [7, 11) is 0. The number of amides is 2. The number of hydrogen-bond acceptors (Lipinski definition) is 4. The van der Waals surface area contributed by atoms with E-state index in [9.17, 15) is 9.59 Å². The van der Waals surface area contributed by atoms with Crippen LogP contribution < -0.4 is 16.0 Å². The Morgan fingerprint density at radius 2 is 1.77 bits per heavy atom. The van der Waals surface area contributed by atoms with E-state index in [0.29, 0.717) is 36.0 Å². The van der Waals surface area contributed by atoms with E-state index in [0.717, 1.165) is 16.7 Å². The van der Waals surface area contributed by atoms with E-state index in [2.05, 4.69) is 20.9 Å². The summed E-state index contributed by atoms with van der Waals surface area (Å²) in [5.74, 6) is 0.0858. The van der Waals surface area contributed by atoms with Crippen molar-refractivity contribution in [1.29, 1.82) is 0 Å². The number of nitrogens with zero attached hydrogens (tertiary/aromatic N) is 1. The summed E-state index contributed by atoms with van der Waals surface area (Å²) in [6.07, 6.45) is 1.70. The molecule has 0 saturated heterocycles. The third kappa shape index (κ3) is 5.89. The van der Waals surface area contributed by atoms with Crippen molar-refractivity contribution in [3.8, 4) is 11.1 Å². The summed E-state index contributed by atoms with van der Waals surface area (Å²) >= 11 is 6.52. The SMILES string of the molecule is CC(=O)NCCNCc1ccc(NC(=O)c2cccc(-c3ccccc3)c2Cl)nc1. The van der Waals surface area contributed by atoms with Crippen molar-refractivity contribution in [2.75, 3.05) is 18.4 Å². The van der Waals surface area contributed by atoms with Gasteiger partial charge in [-0.2, -0.15) is 0 Å². The topological polar surface area (TPSA) is 83.1 Å². The fourth-order valence-electron chi connectivity index (χ4n) is 2.89. The monoisotopic (exact) mass is 422 g/mol. The van der Waals surface area contributed by atoms with Crippen LogP contribution in [0.1, 0.15) is 22.8 Å². The fraction of sp³-hybridized carbons (Fsp3) is 0.174. The standard InChI is InChI=1S/C23H23ClN4O2/c1-16(29)26-13-12-25-14-17-10-11-21(27-15-17)28-23(30)20-9-5-8-19(22(20)24)18-6-3-2-4-7-18/h2-11,15,25H,12-14H2,1H3,(H,26,29)(H,27,28,30). The largest absolute Gasteiger partial charge is 0.355 e. The van der Waals surface area contributed by atoms with Gasteiger partial charge in [0.05, 0.1) is 10.6 Å². The normalized spacial score (nSPS) is 10.5. The number of benzene rings is 2. The van der Waals surface area contributed by atoms with Crippen LogP contribution in [0.4, 0.5) is 5.82 Å². The van der Waals surface area contributed by atoms with Gasteiger partial charge in [0.2, 0.25) is 5.91 Å². The van der Waals surface area contributed by atoms with Crippen LogP contribution in [0.3, 0.4) is 0 Å². The third-order valence-electron chi connectivity index (χ3n) is 4.40. The number of rotatable bonds is 8. The lowest BCUT2D eigenvalue weighted by Gasteiger charge is -2.11. The number of nitrogens with one attached hydrogen (secondary N) is 3. The summed E-state index contributed by atoms with van der Waals surface area (Å²) in [6.45, 7) is 3.34. The lowest BCUT2D eigenvalue weighted by Crippen LogP contribution is -2.29. The molecule has 3 rings (SSSR count). The Bertz CT molecular complexity index is 1010. The molecule has 30 heavy (non-hydrogen) atoms. The van der Waals surface area contributed by atoms with Crippen LogP contribution in [-0.2, 0) is 11.3 Å². The number of aromatic nitrogens is 1. The highest BCUT2D eigenvalue weighted by atomic mass is 35.5. The highest BCUT2D eigenvalue weighted by molar-refractivity contribution is 6.37. The molecule has 0 fully saturated rings. The minimum Gasteiger partial charge on any atom is -0.355 e. The van der Waals surface area contributed by atoms with E-state index in [1.54, 1.807) is 18.3 Å². The molecule has 0 aliphatic rings. The molecular formula is C23H23ClN4O2.